The maximum Gasteiger partial charge on any atom is 0.0590 e. The Morgan fingerprint density at radius 3 is 1.82 bits per heavy atom. The Morgan fingerprint density at radius 1 is 0.462 bits per heavy atom. The third-order valence-corrected chi connectivity index (χ3v) is 8.24. The summed E-state index contributed by atoms with van der Waals surface area (Å²) in [5.74, 6) is 0. The number of hydrogen-bond donors (Lipinski definition) is 1. The molecule has 1 heterocycles. The van der Waals surface area contributed by atoms with Gasteiger partial charge in [0, 0.05) is 38.2 Å². The van der Waals surface area contributed by atoms with E-state index >= 15 is 0 Å². The van der Waals surface area contributed by atoms with E-state index < -0.39 is 0 Å². The van der Waals surface area contributed by atoms with Crippen LogP contribution >= 0.6 is 11.3 Å². The minimum atomic E-state index is 1.08. The van der Waals surface area contributed by atoms with Crippen molar-refractivity contribution in [2.24, 2.45) is 0 Å². The summed E-state index contributed by atoms with van der Waals surface area (Å²) in [6, 6.07) is 53.7. The molecular weight excluding hydrogens is 492 g/mol. The predicted octanol–water partition coefficient (Wildman–Crippen LogP) is 10.9. The van der Waals surface area contributed by atoms with Crippen LogP contribution in [0.25, 0.3) is 31.3 Å². The molecule has 7 rings (SSSR count). The van der Waals surface area contributed by atoms with E-state index in [-0.39, 0.29) is 0 Å². The molecule has 186 valence electrons. The van der Waals surface area contributed by atoms with Crippen LogP contribution < -0.4 is 10.2 Å². The molecule has 2 nitrogen and oxygen atoms in total. The molecule has 0 spiro atoms. The fraction of sp³-hybridized carbons (Fsp3) is 0. The van der Waals surface area contributed by atoms with E-state index in [1.807, 2.05) is 11.3 Å². The van der Waals surface area contributed by atoms with Crippen LogP contribution in [0, 0.1) is 0 Å². The summed E-state index contributed by atoms with van der Waals surface area (Å²) in [5.41, 5.74) is 8.07. The zero-order valence-corrected chi connectivity index (χ0v) is 22.1. The van der Waals surface area contributed by atoms with Gasteiger partial charge in [-0.25, -0.2) is 0 Å². The van der Waals surface area contributed by atoms with E-state index in [1.165, 1.54) is 31.3 Å². The summed E-state index contributed by atoms with van der Waals surface area (Å²) < 4.78 is 2.54. The summed E-state index contributed by atoms with van der Waals surface area (Å²) in [7, 11) is 0. The lowest BCUT2D eigenvalue weighted by atomic mass is 10.1. The summed E-state index contributed by atoms with van der Waals surface area (Å²) in [6.07, 6.45) is 0. The Morgan fingerprint density at radius 2 is 1.10 bits per heavy atom. The molecule has 0 atom stereocenters. The van der Waals surface area contributed by atoms with Gasteiger partial charge in [0.05, 0.1) is 10.4 Å². The SMILES string of the molecule is c1ccc(-c2cccc(Nc3cccc4c3sc3ccc(N(c5ccccc5)c5ccccc5)cc34)c2)cc1. The highest BCUT2D eigenvalue weighted by molar-refractivity contribution is 7.26. The van der Waals surface area contributed by atoms with Crippen molar-refractivity contribution in [1.82, 2.24) is 0 Å². The standard InChI is InChI=1S/C36H26N2S/c1-4-12-26(13-5-1)27-14-10-15-28(24-27)37-34-21-11-20-32-33-25-31(22-23-35(33)39-36(32)34)38(29-16-6-2-7-17-29)30-18-8-3-9-19-30/h1-25,37H. The topological polar surface area (TPSA) is 15.3 Å². The van der Waals surface area contributed by atoms with Crippen molar-refractivity contribution < 1.29 is 0 Å². The summed E-state index contributed by atoms with van der Waals surface area (Å²) in [5, 5.41) is 6.24. The van der Waals surface area contributed by atoms with Gasteiger partial charge >= 0.3 is 0 Å². The number of para-hydroxylation sites is 2. The van der Waals surface area contributed by atoms with Crippen LogP contribution in [0.15, 0.2) is 152 Å². The van der Waals surface area contributed by atoms with Crippen LogP contribution in [0.3, 0.4) is 0 Å². The number of nitrogens with one attached hydrogen (secondary N) is 1. The maximum atomic E-state index is 3.71. The van der Waals surface area contributed by atoms with Crippen LogP contribution in [0.1, 0.15) is 0 Å². The second kappa shape index (κ2) is 10.1. The zero-order chi connectivity index (χ0) is 26.0. The minimum absolute atomic E-state index is 1.08. The molecule has 7 aromatic rings. The summed E-state index contributed by atoms with van der Waals surface area (Å²) >= 11 is 1.84. The van der Waals surface area contributed by atoms with Crippen molar-refractivity contribution in [3.05, 3.63) is 152 Å². The van der Waals surface area contributed by atoms with Gasteiger partial charge < -0.3 is 10.2 Å². The fourth-order valence-electron chi connectivity index (χ4n) is 5.19. The number of nitrogens with zero attached hydrogens (tertiary/aromatic N) is 1. The van der Waals surface area contributed by atoms with E-state index in [0.717, 1.165) is 28.4 Å². The molecule has 0 saturated carbocycles. The molecule has 6 aromatic carbocycles. The van der Waals surface area contributed by atoms with E-state index in [4.69, 9.17) is 0 Å². The predicted molar refractivity (Wildman–Crippen MR) is 169 cm³/mol. The summed E-state index contributed by atoms with van der Waals surface area (Å²) in [6.45, 7) is 0. The normalized spacial score (nSPS) is 11.1. The van der Waals surface area contributed by atoms with Crippen LogP contribution in [0.4, 0.5) is 28.4 Å². The first-order valence-corrected chi connectivity index (χ1v) is 13.9. The molecule has 0 unspecified atom stereocenters. The van der Waals surface area contributed by atoms with Crippen LogP contribution in [-0.2, 0) is 0 Å². The Kier molecular flexibility index (Phi) is 6.04. The first-order chi connectivity index (χ1) is 19.3. The number of hydrogen-bond acceptors (Lipinski definition) is 3. The van der Waals surface area contributed by atoms with E-state index in [0.29, 0.717) is 0 Å². The van der Waals surface area contributed by atoms with Gasteiger partial charge in [-0.15, -0.1) is 11.3 Å². The Balaban J connectivity index is 1.30. The van der Waals surface area contributed by atoms with Crippen LogP contribution in [0.5, 0.6) is 0 Å². The lowest BCUT2D eigenvalue weighted by Crippen LogP contribution is -2.09. The average Bonchev–Trinajstić information content (AvgIpc) is 3.38. The van der Waals surface area contributed by atoms with Gasteiger partial charge in [0.1, 0.15) is 0 Å². The fourth-order valence-corrected chi connectivity index (χ4v) is 6.34. The number of anilines is 5. The quantitative estimate of drug-likeness (QED) is 0.235. The van der Waals surface area contributed by atoms with E-state index in [1.54, 1.807) is 0 Å². The number of fused-ring (bicyclic) bond motifs is 3. The minimum Gasteiger partial charge on any atom is -0.354 e. The Labute approximate surface area is 232 Å². The van der Waals surface area contributed by atoms with Crippen molar-refractivity contribution in [3.63, 3.8) is 0 Å². The molecule has 0 aliphatic rings. The molecule has 1 aromatic heterocycles. The number of benzene rings is 6. The largest absolute Gasteiger partial charge is 0.354 e. The lowest BCUT2D eigenvalue weighted by molar-refractivity contribution is 1.29. The highest BCUT2D eigenvalue weighted by Crippen LogP contribution is 2.43. The molecule has 0 amide bonds. The molecule has 0 bridgehead atoms. The van der Waals surface area contributed by atoms with Crippen molar-refractivity contribution in [2.75, 3.05) is 10.2 Å². The van der Waals surface area contributed by atoms with E-state index in [9.17, 15) is 0 Å². The van der Waals surface area contributed by atoms with Gasteiger partial charge in [0.25, 0.3) is 0 Å². The lowest BCUT2D eigenvalue weighted by Gasteiger charge is -2.25. The molecule has 0 radical (unpaired) electrons. The van der Waals surface area contributed by atoms with Gasteiger partial charge in [-0.2, -0.15) is 0 Å². The van der Waals surface area contributed by atoms with Gasteiger partial charge in [0.2, 0.25) is 0 Å². The molecule has 0 aliphatic heterocycles. The Bertz CT molecular complexity index is 1840. The molecule has 0 fully saturated rings. The molecule has 39 heavy (non-hydrogen) atoms. The van der Waals surface area contributed by atoms with Gasteiger partial charge in [-0.1, -0.05) is 91.0 Å². The third kappa shape index (κ3) is 4.54. The molecular formula is C36H26N2S. The second-order valence-electron chi connectivity index (χ2n) is 9.54. The van der Waals surface area contributed by atoms with Crippen molar-refractivity contribution in [2.45, 2.75) is 0 Å². The smallest absolute Gasteiger partial charge is 0.0590 e. The highest BCUT2D eigenvalue weighted by Gasteiger charge is 2.15. The zero-order valence-electron chi connectivity index (χ0n) is 21.3. The van der Waals surface area contributed by atoms with Crippen molar-refractivity contribution in [1.29, 1.82) is 0 Å². The second-order valence-corrected chi connectivity index (χ2v) is 10.6. The molecule has 0 saturated heterocycles. The van der Waals surface area contributed by atoms with Gasteiger partial charge in [-0.3, -0.25) is 0 Å². The number of rotatable bonds is 6. The number of thiophene rings is 1. The first kappa shape index (κ1) is 23.3. The molecule has 1 N–H and O–H groups in total. The van der Waals surface area contributed by atoms with Gasteiger partial charge in [-0.05, 0) is 71.8 Å². The Hall–Kier alpha value is -4.86. The monoisotopic (exact) mass is 518 g/mol. The molecule has 0 aliphatic carbocycles. The van der Waals surface area contributed by atoms with E-state index in [2.05, 4.69) is 162 Å². The third-order valence-electron chi connectivity index (χ3n) is 7.02. The summed E-state index contributed by atoms with van der Waals surface area (Å²) in [4.78, 5) is 2.32. The van der Waals surface area contributed by atoms with Crippen molar-refractivity contribution >= 4 is 59.9 Å². The van der Waals surface area contributed by atoms with Crippen molar-refractivity contribution in [3.8, 4) is 11.1 Å². The van der Waals surface area contributed by atoms with Crippen LogP contribution in [-0.4, -0.2) is 0 Å². The highest BCUT2D eigenvalue weighted by atomic mass is 32.1. The first-order valence-electron chi connectivity index (χ1n) is 13.1. The maximum absolute atomic E-state index is 3.71. The average molecular weight is 519 g/mol. The molecule has 3 heteroatoms. The van der Waals surface area contributed by atoms with Crippen LogP contribution in [0.2, 0.25) is 0 Å². The van der Waals surface area contributed by atoms with Gasteiger partial charge in [0.15, 0.2) is 0 Å².